The van der Waals surface area contributed by atoms with E-state index in [0.717, 1.165) is 18.8 Å². The molecule has 0 aliphatic carbocycles. The van der Waals surface area contributed by atoms with Crippen molar-refractivity contribution in [3.8, 4) is 5.75 Å². The van der Waals surface area contributed by atoms with Gasteiger partial charge >= 0.3 is 0 Å². The molecular weight excluding hydrogens is 174 g/mol. The van der Waals surface area contributed by atoms with Crippen LogP contribution in [-0.4, -0.2) is 6.61 Å². The minimum atomic E-state index is 0. The van der Waals surface area contributed by atoms with Gasteiger partial charge in [-0.3, -0.25) is 0 Å². The fraction of sp³-hybridized carbons (Fsp3) is 0.333. The second-order valence-electron chi connectivity index (χ2n) is 2.74. The summed E-state index contributed by atoms with van der Waals surface area (Å²) in [5.41, 5.74) is 7.99. The third kappa shape index (κ3) is 1.54. The Morgan fingerprint density at radius 3 is 3.00 bits per heavy atom. The average molecular weight is 186 g/mol. The molecule has 2 rings (SSSR count). The van der Waals surface area contributed by atoms with Crippen molar-refractivity contribution in [3.05, 3.63) is 29.3 Å². The minimum absolute atomic E-state index is 0. The first-order valence-corrected chi connectivity index (χ1v) is 3.85. The molecular formula is C9H12ClNO. The van der Waals surface area contributed by atoms with Crippen molar-refractivity contribution >= 4 is 12.4 Å². The van der Waals surface area contributed by atoms with E-state index >= 15 is 0 Å². The molecule has 1 aromatic rings. The number of hydrogen-bond acceptors (Lipinski definition) is 2. The molecule has 0 aromatic heterocycles. The number of fused-ring (bicyclic) bond motifs is 1. The minimum Gasteiger partial charge on any atom is -0.493 e. The zero-order valence-electron chi connectivity index (χ0n) is 6.75. The average Bonchev–Trinajstić information content (AvgIpc) is 2.50. The molecule has 0 fully saturated rings. The molecule has 0 atom stereocenters. The van der Waals surface area contributed by atoms with Gasteiger partial charge in [0.2, 0.25) is 0 Å². The topological polar surface area (TPSA) is 35.2 Å². The van der Waals surface area contributed by atoms with Crippen LogP contribution in [-0.2, 0) is 13.0 Å². The first-order chi connectivity index (χ1) is 5.40. The van der Waals surface area contributed by atoms with Crippen molar-refractivity contribution in [2.24, 2.45) is 5.73 Å². The molecule has 12 heavy (non-hydrogen) atoms. The van der Waals surface area contributed by atoms with Gasteiger partial charge in [0, 0.05) is 13.0 Å². The van der Waals surface area contributed by atoms with Crippen molar-refractivity contribution in [1.82, 2.24) is 0 Å². The van der Waals surface area contributed by atoms with E-state index in [1.54, 1.807) is 0 Å². The van der Waals surface area contributed by atoms with Gasteiger partial charge in [-0.25, -0.2) is 0 Å². The largest absolute Gasteiger partial charge is 0.493 e. The van der Waals surface area contributed by atoms with Crippen molar-refractivity contribution in [1.29, 1.82) is 0 Å². The third-order valence-corrected chi connectivity index (χ3v) is 1.99. The Morgan fingerprint density at radius 2 is 2.25 bits per heavy atom. The summed E-state index contributed by atoms with van der Waals surface area (Å²) in [5, 5.41) is 0. The first kappa shape index (κ1) is 9.36. The number of nitrogens with two attached hydrogens (primary N) is 1. The SMILES string of the molecule is Cl.NCc1ccc2c(c1)CCO2. The second kappa shape index (κ2) is 3.78. The number of benzene rings is 1. The van der Waals surface area contributed by atoms with Crippen molar-refractivity contribution < 1.29 is 4.74 Å². The van der Waals surface area contributed by atoms with Gasteiger partial charge in [-0.15, -0.1) is 12.4 Å². The highest BCUT2D eigenvalue weighted by Crippen LogP contribution is 2.25. The fourth-order valence-electron chi connectivity index (χ4n) is 1.37. The smallest absolute Gasteiger partial charge is 0.122 e. The zero-order chi connectivity index (χ0) is 7.68. The quantitative estimate of drug-likeness (QED) is 0.720. The highest BCUT2D eigenvalue weighted by atomic mass is 35.5. The lowest BCUT2D eigenvalue weighted by molar-refractivity contribution is 0.357. The van der Waals surface area contributed by atoms with Crippen LogP contribution in [0.4, 0.5) is 0 Å². The predicted molar refractivity (Wildman–Crippen MR) is 50.8 cm³/mol. The van der Waals surface area contributed by atoms with Crippen LogP contribution >= 0.6 is 12.4 Å². The molecule has 1 aliphatic heterocycles. The van der Waals surface area contributed by atoms with Crippen LogP contribution in [0, 0.1) is 0 Å². The molecule has 1 heterocycles. The van der Waals surface area contributed by atoms with E-state index in [4.69, 9.17) is 10.5 Å². The van der Waals surface area contributed by atoms with Gasteiger partial charge in [0.1, 0.15) is 5.75 Å². The summed E-state index contributed by atoms with van der Waals surface area (Å²) in [5.74, 6) is 1.03. The molecule has 0 spiro atoms. The summed E-state index contributed by atoms with van der Waals surface area (Å²) >= 11 is 0. The highest BCUT2D eigenvalue weighted by Gasteiger charge is 2.10. The molecule has 2 N–H and O–H groups in total. The second-order valence-corrected chi connectivity index (χ2v) is 2.74. The van der Waals surface area contributed by atoms with E-state index in [2.05, 4.69) is 6.07 Å². The number of ether oxygens (including phenoxy) is 1. The van der Waals surface area contributed by atoms with Gasteiger partial charge in [0.05, 0.1) is 6.61 Å². The molecule has 0 amide bonds. The Kier molecular flexibility index (Phi) is 2.95. The molecule has 0 bridgehead atoms. The van der Waals surface area contributed by atoms with Crippen LogP contribution in [0.5, 0.6) is 5.75 Å². The van der Waals surface area contributed by atoms with E-state index in [0.29, 0.717) is 6.54 Å². The van der Waals surface area contributed by atoms with E-state index in [1.807, 2.05) is 12.1 Å². The third-order valence-electron chi connectivity index (χ3n) is 1.99. The Morgan fingerprint density at radius 1 is 1.42 bits per heavy atom. The molecule has 0 saturated heterocycles. The van der Waals surface area contributed by atoms with Gasteiger partial charge in [0.25, 0.3) is 0 Å². The monoisotopic (exact) mass is 185 g/mol. The molecule has 1 aromatic carbocycles. The molecule has 3 heteroatoms. The van der Waals surface area contributed by atoms with Crippen LogP contribution in [0.1, 0.15) is 11.1 Å². The van der Waals surface area contributed by atoms with E-state index < -0.39 is 0 Å². The van der Waals surface area contributed by atoms with Crippen LogP contribution in [0.3, 0.4) is 0 Å². The van der Waals surface area contributed by atoms with Crippen molar-refractivity contribution in [2.45, 2.75) is 13.0 Å². The lowest BCUT2D eigenvalue weighted by Gasteiger charge is -2.00. The predicted octanol–water partition coefficient (Wildman–Crippen LogP) is 1.50. The van der Waals surface area contributed by atoms with Gasteiger partial charge in [-0.05, 0) is 17.2 Å². The number of hydrogen-bond donors (Lipinski definition) is 1. The van der Waals surface area contributed by atoms with Gasteiger partial charge in [-0.2, -0.15) is 0 Å². The summed E-state index contributed by atoms with van der Waals surface area (Å²) in [6, 6.07) is 6.15. The molecule has 0 unspecified atom stereocenters. The van der Waals surface area contributed by atoms with Gasteiger partial charge < -0.3 is 10.5 Å². The summed E-state index contributed by atoms with van der Waals surface area (Å²) < 4.78 is 5.36. The van der Waals surface area contributed by atoms with Crippen molar-refractivity contribution in [2.75, 3.05) is 6.61 Å². The summed E-state index contributed by atoms with van der Waals surface area (Å²) in [6.07, 6.45) is 1.03. The van der Waals surface area contributed by atoms with E-state index in [1.165, 1.54) is 11.1 Å². The summed E-state index contributed by atoms with van der Waals surface area (Å²) in [7, 11) is 0. The number of rotatable bonds is 1. The highest BCUT2D eigenvalue weighted by molar-refractivity contribution is 5.85. The standard InChI is InChI=1S/C9H11NO.ClH/c10-6-7-1-2-9-8(5-7)3-4-11-9;/h1-2,5H,3-4,6,10H2;1H. The lowest BCUT2D eigenvalue weighted by Crippen LogP contribution is -1.95. The van der Waals surface area contributed by atoms with E-state index in [-0.39, 0.29) is 12.4 Å². The maximum absolute atomic E-state index is 5.50. The maximum atomic E-state index is 5.50. The molecule has 0 radical (unpaired) electrons. The Balaban J connectivity index is 0.000000720. The lowest BCUT2D eigenvalue weighted by atomic mass is 10.1. The van der Waals surface area contributed by atoms with Crippen LogP contribution in [0.2, 0.25) is 0 Å². The maximum Gasteiger partial charge on any atom is 0.122 e. The molecule has 2 nitrogen and oxygen atoms in total. The summed E-state index contributed by atoms with van der Waals surface area (Å²) in [6.45, 7) is 1.44. The molecule has 66 valence electrons. The molecule has 1 aliphatic rings. The van der Waals surface area contributed by atoms with Gasteiger partial charge in [0.15, 0.2) is 0 Å². The molecule has 0 saturated carbocycles. The van der Waals surface area contributed by atoms with Crippen LogP contribution in [0.25, 0.3) is 0 Å². The Hall–Kier alpha value is -0.730. The normalized spacial score (nSPS) is 13.1. The van der Waals surface area contributed by atoms with Crippen LogP contribution in [0.15, 0.2) is 18.2 Å². The van der Waals surface area contributed by atoms with E-state index in [9.17, 15) is 0 Å². The van der Waals surface area contributed by atoms with Gasteiger partial charge in [-0.1, -0.05) is 12.1 Å². The fourth-order valence-corrected chi connectivity index (χ4v) is 1.37. The first-order valence-electron chi connectivity index (χ1n) is 3.85. The number of halogens is 1. The van der Waals surface area contributed by atoms with Crippen LogP contribution < -0.4 is 10.5 Å². The zero-order valence-corrected chi connectivity index (χ0v) is 7.56. The van der Waals surface area contributed by atoms with Crippen molar-refractivity contribution in [3.63, 3.8) is 0 Å². The summed E-state index contributed by atoms with van der Waals surface area (Å²) in [4.78, 5) is 0. The Labute approximate surface area is 78.1 Å². The Bertz CT molecular complexity index is 275.